The highest BCUT2D eigenvalue weighted by Crippen LogP contribution is 2.31. The first-order valence-electron chi connectivity index (χ1n) is 9.22. The number of anilines is 1. The quantitative estimate of drug-likeness (QED) is 0.629. The first kappa shape index (κ1) is 19.0. The van der Waals surface area contributed by atoms with Gasteiger partial charge in [0.15, 0.2) is 10.8 Å². The molecule has 1 aromatic carbocycles. The molecule has 0 atom stereocenters. The van der Waals surface area contributed by atoms with Crippen LogP contribution in [0.4, 0.5) is 9.52 Å². The second-order valence-corrected chi connectivity index (χ2v) is 7.68. The third-order valence-electron chi connectivity index (χ3n) is 4.64. The largest absolute Gasteiger partial charge is 0.379 e. The molecule has 0 saturated carbocycles. The number of thiazole rings is 1. The van der Waals surface area contributed by atoms with Crippen LogP contribution < -0.4 is 4.90 Å². The minimum absolute atomic E-state index is 0.226. The molecule has 0 spiro atoms. The van der Waals surface area contributed by atoms with Gasteiger partial charge in [0.2, 0.25) is 0 Å². The molecule has 28 heavy (non-hydrogen) atoms. The zero-order valence-electron chi connectivity index (χ0n) is 15.6. The smallest absolute Gasteiger partial charge is 0.282 e. The van der Waals surface area contributed by atoms with Crippen LogP contribution in [0.25, 0.3) is 10.2 Å². The van der Waals surface area contributed by atoms with Gasteiger partial charge in [0.05, 0.1) is 17.9 Å². The normalized spacial score (nSPS) is 15.2. The second kappa shape index (κ2) is 8.34. The molecule has 1 aliphatic rings. The summed E-state index contributed by atoms with van der Waals surface area (Å²) >= 11 is 1.30. The molecule has 1 saturated heterocycles. The number of para-hydroxylation sites is 1. The van der Waals surface area contributed by atoms with E-state index in [0.29, 0.717) is 22.1 Å². The van der Waals surface area contributed by atoms with E-state index in [1.807, 2.05) is 0 Å². The number of fused-ring (bicyclic) bond motifs is 1. The number of rotatable bonds is 6. The first-order valence-corrected chi connectivity index (χ1v) is 10.0. The van der Waals surface area contributed by atoms with Crippen molar-refractivity contribution in [2.45, 2.75) is 13.3 Å². The molecule has 3 aromatic rings. The molecule has 0 aliphatic carbocycles. The molecule has 0 N–H and O–H groups in total. The third-order valence-corrected chi connectivity index (χ3v) is 5.68. The zero-order valence-corrected chi connectivity index (χ0v) is 16.4. The van der Waals surface area contributed by atoms with Crippen LogP contribution in [-0.2, 0) is 4.74 Å². The maximum absolute atomic E-state index is 14.1. The number of aryl methyl sites for hydroxylation is 1. The van der Waals surface area contributed by atoms with Crippen molar-refractivity contribution in [2.75, 3.05) is 44.3 Å². The van der Waals surface area contributed by atoms with Gasteiger partial charge in [-0.15, -0.1) is 0 Å². The lowest BCUT2D eigenvalue weighted by molar-refractivity contribution is 0.0376. The van der Waals surface area contributed by atoms with E-state index in [2.05, 4.69) is 15.0 Å². The number of morpholine rings is 1. The number of nitrogens with zero attached hydrogens (tertiary/aromatic N) is 4. The number of ether oxygens (including phenoxy) is 1. The summed E-state index contributed by atoms with van der Waals surface area (Å²) in [5, 5.41) is 4.31. The highest BCUT2D eigenvalue weighted by atomic mass is 32.1. The van der Waals surface area contributed by atoms with E-state index in [1.165, 1.54) is 17.4 Å². The summed E-state index contributed by atoms with van der Waals surface area (Å²) in [6.45, 7) is 6.30. The van der Waals surface area contributed by atoms with Crippen molar-refractivity contribution < 1.29 is 18.4 Å². The highest BCUT2D eigenvalue weighted by molar-refractivity contribution is 7.22. The molecule has 0 radical (unpaired) electrons. The Balaban J connectivity index is 1.56. The Hall–Kier alpha value is -2.36. The summed E-state index contributed by atoms with van der Waals surface area (Å²) in [5.41, 5.74) is 0.508. The Morgan fingerprint density at radius 3 is 2.89 bits per heavy atom. The average Bonchev–Trinajstić information content (AvgIpc) is 3.33. The van der Waals surface area contributed by atoms with Crippen molar-refractivity contribution in [1.82, 2.24) is 15.0 Å². The predicted octanol–water partition coefficient (Wildman–Crippen LogP) is 3.10. The highest BCUT2D eigenvalue weighted by Gasteiger charge is 2.24. The molecule has 7 nitrogen and oxygen atoms in total. The monoisotopic (exact) mass is 404 g/mol. The van der Waals surface area contributed by atoms with Crippen LogP contribution in [0.5, 0.6) is 0 Å². The number of amides is 1. The van der Waals surface area contributed by atoms with Gasteiger partial charge in [-0.2, -0.15) is 0 Å². The number of hydrogen-bond acceptors (Lipinski definition) is 7. The maximum Gasteiger partial charge on any atom is 0.282 e. The van der Waals surface area contributed by atoms with Crippen LogP contribution in [0.3, 0.4) is 0 Å². The Labute approximate surface area is 165 Å². The second-order valence-electron chi connectivity index (χ2n) is 6.67. The topological polar surface area (TPSA) is 71.7 Å². The molecule has 1 amide bonds. The summed E-state index contributed by atoms with van der Waals surface area (Å²) in [5.74, 6) is -0.122. The van der Waals surface area contributed by atoms with E-state index in [4.69, 9.17) is 9.26 Å². The fourth-order valence-corrected chi connectivity index (χ4v) is 4.19. The van der Waals surface area contributed by atoms with Crippen LogP contribution in [0.2, 0.25) is 0 Å². The van der Waals surface area contributed by atoms with Crippen LogP contribution in [-0.4, -0.2) is 60.3 Å². The minimum atomic E-state index is -0.391. The Morgan fingerprint density at radius 2 is 2.18 bits per heavy atom. The van der Waals surface area contributed by atoms with Crippen molar-refractivity contribution in [3.05, 3.63) is 41.5 Å². The van der Waals surface area contributed by atoms with Crippen LogP contribution >= 0.6 is 11.3 Å². The first-order chi connectivity index (χ1) is 13.6. The third kappa shape index (κ3) is 4.06. The number of hydrogen-bond donors (Lipinski definition) is 0. The van der Waals surface area contributed by atoms with Gasteiger partial charge in [-0.05, 0) is 25.5 Å². The number of carbonyl (C=O) groups is 1. The lowest BCUT2D eigenvalue weighted by atomic mass is 10.3. The molecule has 2 aromatic heterocycles. The van der Waals surface area contributed by atoms with Crippen LogP contribution in [0.1, 0.15) is 22.7 Å². The predicted molar refractivity (Wildman–Crippen MR) is 104 cm³/mol. The number of carbonyl (C=O) groups excluding carboxylic acids is 1. The van der Waals surface area contributed by atoms with Gasteiger partial charge >= 0.3 is 0 Å². The molecular weight excluding hydrogens is 383 g/mol. The SMILES string of the molecule is Cc1cc(C(=O)N(CCCN2CCOCC2)c2nc3c(F)cccc3s2)no1. The van der Waals surface area contributed by atoms with Gasteiger partial charge < -0.3 is 9.26 Å². The standard InChI is InChI=1S/C19H21FN4O3S/c1-13-12-15(22-27-13)18(25)24(7-3-6-23-8-10-26-11-9-23)19-21-17-14(20)4-2-5-16(17)28-19/h2,4-5,12H,3,6-11H2,1H3. The molecule has 9 heteroatoms. The van der Waals surface area contributed by atoms with Gasteiger partial charge in [-0.25, -0.2) is 9.37 Å². The molecule has 0 bridgehead atoms. The molecule has 3 heterocycles. The number of benzene rings is 1. The summed E-state index contributed by atoms with van der Waals surface area (Å²) in [6.07, 6.45) is 0.765. The van der Waals surface area contributed by atoms with Gasteiger partial charge in [0.1, 0.15) is 17.1 Å². The summed E-state index contributed by atoms with van der Waals surface area (Å²) in [4.78, 5) is 21.3. The van der Waals surface area contributed by atoms with Gasteiger partial charge in [-0.3, -0.25) is 14.6 Å². The molecule has 0 unspecified atom stereocenters. The zero-order chi connectivity index (χ0) is 19.5. The summed E-state index contributed by atoms with van der Waals surface area (Å²) in [7, 11) is 0. The van der Waals surface area contributed by atoms with Gasteiger partial charge in [-0.1, -0.05) is 22.6 Å². The van der Waals surface area contributed by atoms with Crippen molar-refractivity contribution in [2.24, 2.45) is 0 Å². The van der Waals surface area contributed by atoms with E-state index >= 15 is 0 Å². The Kier molecular flexibility index (Phi) is 5.65. The van der Waals surface area contributed by atoms with E-state index in [0.717, 1.165) is 39.3 Å². The summed E-state index contributed by atoms with van der Waals surface area (Å²) < 4.78 is 25.2. The minimum Gasteiger partial charge on any atom is -0.379 e. The average molecular weight is 404 g/mol. The lowest BCUT2D eigenvalue weighted by Gasteiger charge is -2.27. The van der Waals surface area contributed by atoms with Crippen LogP contribution in [0, 0.1) is 12.7 Å². The molecule has 4 rings (SSSR count). The van der Waals surface area contributed by atoms with Crippen molar-refractivity contribution in [3.63, 3.8) is 0 Å². The van der Waals surface area contributed by atoms with E-state index in [-0.39, 0.29) is 17.1 Å². The van der Waals surface area contributed by atoms with Gasteiger partial charge in [0.25, 0.3) is 5.91 Å². The summed E-state index contributed by atoms with van der Waals surface area (Å²) in [6, 6.07) is 6.42. The van der Waals surface area contributed by atoms with E-state index in [1.54, 1.807) is 30.0 Å². The molecule has 1 aliphatic heterocycles. The maximum atomic E-state index is 14.1. The Bertz CT molecular complexity index is 967. The van der Waals surface area contributed by atoms with Gasteiger partial charge in [0, 0.05) is 32.2 Å². The fourth-order valence-electron chi connectivity index (χ4n) is 3.19. The molecule has 148 valence electrons. The van der Waals surface area contributed by atoms with E-state index in [9.17, 15) is 9.18 Å². The van der Waals surface area contributed by atoms with Crippen molar-refractivity contribution in [3.8, 4) is 0 Å². The fraction of sp³-hybridized carbons (Fsp3) is 0.421. The number of aromatic nitrogens is 2. The molecule has 1 fully saturated rings. The van der Waals surface area contributed by atoms with Crippen LogP contribution in [0.15, 0.2) is 28.8 Å². The molecular formula is C19H21FN4O3S. The van der Waals surface area contributed by atoms with Crippen molar-refractivity contribution in [1.29, 1.82) is 0 Å². The van der Waals surface area contributed by atoms with Crippen molar-refractivity contribution >= 4 is 32.6 Å². The Morgan fingerprint density at radius 1 is 1.36 bits per heavy atom. The lowest BCUT2D eigenvalue weighted by Crippen LogP contribution is -2.39. The number of halogens is 1. The van der Waals surface area contributed by atoms with E-state index < -0.39 is 5.82 Å².